The third-order valence-corrected chi connectivity index (χ3v) is 11.7. The topological polar surface area (TPSA) is 39.6 Å². The van der Waals surface area contributed by atoms with Gasteiger partial charge in [-0.25, -0.2) is 0 Å². The minimum Gasteiger partial charge on any atom is -0.507 e. The first-order valence-electron chi connectivity index (χ1n) is 20.2. The van der Waals surface area contributed by atoms with Crippen LogP contribution in [0.1, 0.15) is 119 Å². The molecule has 6 heteroatoms. The zero-order valence-electron chi connectivity index (χ0n) is 36.7. The number of anilines is 1. The molecule has 0 aliphatic carbocycles. The predicted octanol–water partition coefficient (Wildman–Crippen LogP) is 14.3. The molecule has 1 aliphatic heterocycles. The van der Waals surface area contributed by atoms with E-state index in [4.69, 9.17) is 4.98 Å². The molecule has 4 nitrogen and oxygen atoms in total. The standard InChI is InChI=1S/C29H28NS.C22H35N2O.Ir/c1-18(2)15-20-10-8-12-23-24-13-14-30-26(28(24)31-27(20)23)21-16-19-9-6-7-11-22(19)25(17-21)29(3,4)5;1-20(2,3)14-23-10-11-24(15-23)18-13-16(21(4,5)6)12-17(19(18)25)22(7,8)9;/h6-14,17-18H,15H2,1-5H3;10-13,15,25H,14H2,1-9H3;/q2*-1;. The molecule has 7 rings (SSSR count). The van der Waals surface area contributed by atoms with Crippen molar-refractivity contribution in [2.24, 2.45) is 11.3 Å². The number of rotatable bonds is 5. The Morgan fingerprint density at radius 2 is 1.39 bits per heavy atom. The second-order valence-electron chi connectivity index (χ2n) is 20.4. The molecule has 0 saturated carbocycles. The maximum Gasteiger partial charge on any atom is 0.140 e. The quantitative estimate of drug-likeness (QED) is 0.175. The van der Waals surface area contributed by atoms with E-state index in [1.165, 1.54) is 42.2 Å². The number of phenolic OH excluding ortho intramolecular Hbond substituents is 1. The SMILES string of the molecule is CC(C)(C)CN1C=CN(c2cc(C(C)(C)C)cc(C(C)(C)C)c2O)[CH-]1.CC(C)Cc1cccc2c1sc1c(-c3[c-]c4ccccc4c(C(C)(C)C)c3)nccc12.[Ir]. The molecule has 0 bridgehead atoms. The molecular formula is C51H63IrN3OS-2. The van der Waals surface area contributed by atoms with Crippen LogP contribution in [0.25, 0.3) is 42.2 Å². The van der Waals surface area contributed by atoms with Crippen LogP contribution in [0.3, 0.4) is 0 Å². The van der Waals surface area contributed by atoms with E-state index >= 15 is 0 Å². The van der Waals surface area contributed by atoms with E-state index in [-0.39, 0.29) is 41.8 Å². The van der Waals surface area contributed by atoms with Gasteiger partial charge in [0, 0.05) is 52.3 Å². The maximum absolute atomic E-state index is 11.0. The second kappa shape index (κ2) is 16.5. The minimum absolute atomic E-state index is 0. The van der Waals surface area contributed by atoms with Crippen LogP contribution < -0.4 is 4.90 Å². The number of hydrogen-bond donors (Lipinski definition) is 1. The summed E-state index contributed by atoms with van der Waals surface area (Å²) in [5.74, 6) is 1.01. The van der Waals surface area contributed by atoms with Crippen molar-refractivity contribution in [3.8, 4) is 17.0 Å². The van der Waals surface area contributed by atoms with E-state index in [0.717, 1.165) is 40.9 Å². The Morgan fingerprint density at radius 3 is 2.02 bits per heavy atom. The van der Waals surface area contributed by atoms with Gasteiger partial charge in [0.2, 0.25) is 0 Å². The summed E-state index contributed by atoms with van der Waals surface area (Å²) in [5, 5.41) is 16.1. The second-order valence-corrected chi connectivity index (χ2v) is 21.4. The van der Waals surface area contributed by atoms with Crippen LogP contribution in [-0.2, 0) is 42.8 Å². The smallest absolute Gasteiger partial charge is 0.140 e. The summed E-state index contributed by atoms with van der Waals surface area (Å²) >= 11 is 1.89. The van der Waals surface area contributed by atoms with Crippen molar-refractivity contribution < 1.29 is 25.2 Å². The van der Waals surface area contributed by atoms with E-state index in [9.17, 15) is 5.11 Å². The van der Waals surface area contributed by atoms with Gasteiger partial charge in [0.1, 0.15) is 5.75 Å². The molecule has 1 radical (unpaired) electrons. The Kier molecular flexibility index (Phi) is 12.9. The summed E-state index contributed by atoms with van der Waals surface area (Å²) < 4.78 is 2.66. The van der Waals surface area contributed by atoms with Gasteiger partial charge in [0.15, 0.2) is 0 Å². The van der Waals surface area contributed by atoms with Crippen LogP contribution in [0.2, 0.25) is 0 Å². The zero-order chi connectivity index (χ0) is 41.0. The van der Waals surface area contributed by atoms with Crippen molar-refractivity contribution in [1.82, 2.24) is 9.88 Å². The van der Waals surface area contributed by atoms with E-state index in [1.54, 1.807) is 0 Å². The first-order chi connectivity index (χ1) is 26.0. The van der Waals surface area contributed by atoms with E-state index in [2.05, 4.69) is 187 Å². The van der Waals surface area contributed by atoms with Gasteiger partial charge in [-0.1, -0.05) is 150 Å². The van der Waals surface area contributed by atoms with Crippen LogP contribution in [0.5, 0.6) is 5.75 Å². The first-order valence-corrected chi connectivity index (χ1v) is 21.0. The monoisotopic (exact) mass is 958 g/mol. The third-order valence-electron chi connectivity index (χ3n) is 10.4. The third kappa shape index (κ3) is 9.95. The molecule has 4 aromatic carbocycles. The molecule has 0 saturated heterocycles. The number of pyridine rings is 1. The van der Waals surface area contributed by atoms with Crippen molar-refractivity contribution in [1.29, 1.82) is 0 Å². The number of aromatic nitrogens is 1. The van der Waals surface area contributed by atoms with E-state index < -0.39 is 0 Å². The molecule has 6 aromatic rings. The zero-order valence-corrected chi connectivity index (χ0v) is 39.9. The van der Waals surface area contributed by atoms with Gasteiger partial charge in [-0.15, -0.1) is 40.5 Å². The molecule has 0 spiro atoms. The van der Waals surface area contributed by atoms with Gasteiger partial charge in [-0.3, -0.25) is 4.98 Å². The number of fused-ring (bicyclic) bond motifs is 4. The van der Waals surface area contributed by atoms with Gasteiger partial charge in [0.05, 0.1) is 5.69 Å². The van der Waals surface area contributed by atoms with Gasteiger partial charge < -0.3 is 14.9 Å². The Bertz CT molecular complexity index is 2400. The molecule has 1 aliphatic rings. The fourth-order valence-corrected chi connectivity index (χ4v) is 8.87. The number of thiophene rings is 1. The number of benzene rings is 4. The summed E-state index contributed by atoms with van der Waals surface area (Å²) in [6.07, 6.45) is 7.16. The summed E-state index contributed by atoms with van der Waals surface area (Å²) in [4.78, 5) is 9.09. The number of aromatic hydroxyl groups is 1. The Hall–Kier alpha value is -3.70. The average molecular weight is 958 g/mol. The molecule has 3 heterocycles. The summed E-state index contributed by atoms with van der Waals surface area (Å²) in [5.41, 5.74) is 8.17. The van der Waals surface area contributed by atoms with Gasteiger partial charge in [-0.2, -0.15) is 6.67 Å². The first kappa shape index (κ1) is 44.4. The molecule has 0 amide bonds. The number of phenols is 1. The average Bonchev–Trinajstić information content (AvgIpc) is 3.70. The van der Waals surface area contributed by atoms with E-state index in [1.807, 2.05) is 28.6 Å². The van der Waals surface area contributed by atoms with Crippen LogP contribution >= 0.6 is 11.3 Å². The van der Waals surface area contributed by atoms with Crippen molar-refractivity contribution in [2.75, 3.05) is 11.4 Å². The predicted molar refractivity (Wildman–Crippen MR) is 244 cm³/mol. The van der Waals surface area contributed by atoms with Crippen LogP contribution in [0, 0.1) is 24.1 Å². The molecular weight excluding hydrogens is 895 g/mol. The van der Waals surface area contributed by atoms with Gasteiger partial charge >= 0.3 is 0 Å². The molecule has 2 aromatic heterocycles. The van der Waals surface area contributed by atoms with Crippen molar-refractivity contribution in [3.05, 3.63) is 120 Å². The fraction of sp³-hybridized carbons (Fsp3) is 0.412. The van der Waals surface area contributed by atoms with Crippen LogP contribution in [0.15, 0.2) is 85.3 Å². The molecule has 57 heavy (non-hydrogen) atoms. The van der Waals surface area contributed by atoms with Gasteiger partial charge in [-0.05, 0) is 81.6 Å². The van der Waals surface area contributed by atoms with Crippen molar-refractivity contribution in [3.63, 3.8) is 0 Å². The van der Waals surface area contributed by atoms with Crippen molar-refractivity contribution >= 4 is 48.0 Å². The Balaban J connectivity index is 0.000000219. The minimum atomic E-state index is -0.116. The Labute approximate surface area is 360 Å². The van der Waals surface area contributed by atoms with Crippen LogP contribution in [-0.4, -0.2) is 21.5 Å². The molecule has 1 N–H and O–H groups in total. The summed E-state index contributed by atoms with van der Waals surface area (Å²) in [6, 6.07) is 27.8. The summed E-state index contributed by atoms with van der Waals surface area (Å²) in [6.45, 7) is 34.2. The molecule has 305 valence electrons. The van der Waals surface area contributed by atoms with E-state index in [0.29, 0.717) is 11.7 Å². The van der Waals surface area contributed by atoms with Gasteiger partial charge in [0.25, 0.3) is 0 Å². The van der Waals surface area contributed by atoms with Crippen molar-refractivity contribution in [2.45, 2.75) is 120 Å². The van der Waals surface area contributed by atoms with Crippen LogP contribution in [0.4, 0.5) is 5.69 Å². The maximum atomic E-state index is 11.0. The number of nitrogens with zero attached hydrogens (tertiary/aromatic N) is 3. The Morgan fingerprint density at radius 1 is 0.737 bits per heavy atom. The molecule has 0 unspecified atom stereocenters. The molecule has 0 atom stereocenters. The fourth-order valence-electron chi connectivity index (χ4n) is 7.55. The largest absolute Gasteiger partial charge is 0.507 e. The number of hydrogen-bond acceptors (Lipinski definition) is 5. The summed E-state index contributed by atoms with van der Waals surface area (Å²) in [7, 11) is 0. The normalized spacial score (nSPS) is 13.8. The molecule has 0 fully saturated rings.